The number of carboxylic acid groups (broad SMARTS) is 3. The van der Waals surface area contributed by atoms with E-state index in [2.05, 4.69) is 42.5 Å². The van der Waals surface area contributed by atoms with Crippen LogP contribution in [-0.2, 0) is 129 Å². The summed E-state index contributed by atoms with van der Waals surface area (Å²) in [6.07, 6.45) is -12.3. The van der Waals surface area contributed by atoms with Crippen molar-refractivity contribution in [1.82, 2.24) is 42.5 Å². The lowest BCUT2D eigenvalue weighted by Gasteiger charge is -2.49. The van der Waals surface area contributed by atoms with E-state index in [9.17, 15) is 102 Å². The van der Waals surface area contributed by atoms with E-state index < -0.39 is 261 Å². The van der Waals surface area contributed by atoms with Gasteiger partial charge in [-0.05, 0) is 72.6 Å². The van der Waals surface area contributed by atoms with E-state index in [1.54, 1.807) is 24.3 Å². The second kappa shape index (κ2) is 52.8. The van der Waals surface area contributed by atoms with Crippen molar-refractivity contribution in [3.05, 3.63) is 71.8 Å². The van der Waals surface area contributed by atoms with Crippen molar-refractivity contribution in [2.45, 2.75) is 289 Å². The van der Waals surface area contributed by atoms with Crippen molar-refractivity contribution in [3.63, 3.8) is 0 Å². The van der Waals surface area contributed by atoms with Gasteiger partial charge in [-0.25, -0.2) is 4.79 Å². The van der Waals surface area contributed by atoms with E-state index in [0.717, 1.165) is 5.56 Å². The summed E-state index contributed by atoms with van der Waals surface area (Å²) < 4.78 is 55.0. The topological polar surface area (TPSA) is 547 Å². The smallest absolute Gasteiger partial charge is 0.326 e. The van der Waals surface area contributed by atoms with Gasteiger partial charge in [0.05, 0.1) is 69.0 Å². The van der Waals surface area contributed by atoms with Gasteiger partial charge < -0.3 is 100 Å². The predicted octanol–water partition coefficient (Wildman–Crippen LogP) is 3.56. The molecule has 0 radical (unpaired) electrons. The predicted molar refractivity (Wildman–Crippen MR) is 440 cm³/mol. The average Bonchev–Trinajstić information content (AvgIpc) is 0.785. The molecule has 4 aliphatic heterocycles. The summed E-state index contributed by atoms with van der Waals surface area (Å²) in [5, 5.41) is 50.3. The number of fused-ring (bicyclic) bond motifs is 2. The largest absolute Gasteiger partial charge is 0.481 e. The van der Waals surface area contributed by atoms with Crippen LogP contribution >= 0.6 is 0 Å². The number of Topliss-reactive ketones (excluding diaryl/α,β-unsaturated/α-hetero) is 7. The van der Waals surface area contributed by atoms with E-state index >= 15 is 0 Å². The first kappa shape index (κ1) is 104. The number of carboxylic acids is 3. The summed E-state index contributed by atoms with van der Waals surface area (Å²) in [6.45, 7) is 12.8. The van der Waals surface area contributed by atoms with Gasteiger partial charge in [0.15, 0.2) is 53.6 Å². The van der Waals surface area contributed by atoms with Crippen LogP contribution in [0, 0.1) is 29.6 Å². The number of aliphatic carboxylic acids is 3. The zero-order chi connectivity index (χ0) is 92.1. The quantitative estimate of drug-likeness (QED) is 0.0422. The molecule has 125 heavy (non-hydrogen) atoms. The van der Waals surface area contributed by atoms with Crippen LogP contribution < -0.4 is 42.5 Å². The number of ketones is 7. The van der Waals surface area contributed by atoms with Gasteiger partial charge in [-0.1, -0.05) is 94.3 Å². The Morgan fingerprint density at radius 1 is 0.440 bits per heavy atom. The average molecular weight is 1760 g/mol. The third kappa shape index (κ3) is 35.4. The highest BCUT2D eigenvalue weighted by Gasteiger charge is 2.53. The lowest BCUT2D eigenvalue weighted by Crippen LogP contribution is -2.67. The number of hydrogen-bond donors (Lipinski definition) is 11. The van der Waals surface area contributed by atoms with Gasteiger partial charge in [0.25, 0.3) is 0 Å². The molecule has 0 spiro atoms. The molecule has 0 aliphatic carbocycles. The van der Waals surface area contributed by atoms with Gasteiger partial charge in [0.1, 0.15) is 60.6 Å². The van der Waals surface area contributed by atoms with Gasteiger partial charge in [-0.15, -0.1) is 0 Å². The summed E-state index contributed by atoms with van der Waals surface area (Å²) >= 11 is 0. The molecule has 38 heteroatoms. The lowest BCUT2D eigenvalue weighted by molar-refractivity contribution is -0.347. The maximum absolute atomic E-state index is 13.8. The number of carbonyl (C=O) groups excluding carboxylic acids is 15. The minimum absolute atomic E-state index is 0.00696. The number of nitrogens with one attached hydrogen (secondary N) is 8. The highest BCUT2D eigenvalue weighted by Crippen LogP contribution is 2.40. The third-order valence-electron chi connectivity index (χ3n) is 22.3. The standard InChI is InChI=1S/C87H124N8O30/c1-47(39-68(104)64(28-20-21-37-88-54(8)96)94-73(107)34-29-59(83(113)114)41-66(102)50(4)92-81(110)53(7)122-75-49(3)51(5)120-69-45-118-85(124-76(69)75)56-22-14-11-15-23-56)79(108)91-44-63(101)32-36-72(106)90-43-62(100)31-35-71(105)89-42-61(99)27-19-13-18-26-58(82(111)112)40-60(98)30-33-65(84(115)116)95-80(109)48(2)38-67(103)52(6)121-78-74(93-55(9)97)87(117-10)123-70-46-119-86(125-77(70)78)57-24-16-12-17-25-57/h11-12,14-17,22-25,47-53,58-59,64-65,69-70,74-78,85-87H,13,18-21,26-46H2,1-10H3,(H,88,96)(H,89,105)(H,90,106)(H,91,108)(H,92,110)(H,93,97)(H,94,107)(H,95,109)(H,111,112)(H,113,114)(H,115,116)/t47?,48?,49?,50?,51-,52+,53+,58?,59?,64?,65?,69?,70?,74?,75+,76+,77+,78+,85?,86?,87-/m0/s1. The van der Waals surface area contributed by atoms with Crippen molar-refractivity contribution in [3.8, 4) is 0 Å². The molecule has 6 rings (SSSR count). The maximum Gasteiger partial charge on any atom is 0.326 e. The number of unbranched alkanes of at least 4 members (excludes halogenated alkanes) is 3. The van der Waals surface area contributed by atoms with Crippen LogP contribution in [0.5, 0.6) is 0 Å². The highest BCUT2D eigenvalue weighted by atomic mass is 16.8. The highest BCUT2D eigenvalue weighted by molar-refractivity contribution is 5.96. The SMILES string of the molecule is CO[C@H]1OC2COC(c3ccccc3)O[C@H]2[C@H](O[C@H](C)C(=O)CC(C)C(=O)NC(CCC(=O)CC(CCCCCC(=O)CNC(=O)CCC(=O)CNC(=O)CCC(=O)CNC(=O)C(C)CC(=O)C(CCCCNC(C)=O)NC(=O)CCC(CC(=O)C(C)NC(=O)[C@@H](C)O[C@@H]2C(C)[C@H](C)OC3COC(c4ccccc4)O[C@H]32)C(=O)O)C(=O)O)C(=O)O)C1NC(C)=O. The van der Waals surface area contributed by atoms with Gasteiger partial charge >= 0.3 is 17.9 Å². The number of methoxy groups -OCH3 is 1. The second-order valence-electron chi connectivity index (χ2n) is 32.5. The molecule has 0 bridgehead atoms. The Labute approximate surface area is 726 Å². The van der Waals surface area contributed by atoms with Gasteiger partial charge in [-0.2, -0.15) is 0 Å². The first-order valence-electron chi connectivity index (χ1n) is 42.7. The van der Waals surface area contributed by atoms with Crippen LogP contribution in [0.2, 0.25) is 0 Å². The molecule has 2 aromatic carbocycles. The van der Waals surface area contributed by atoms with Crippen LogP contribution in [-0.4, -0.2) is 253 Å². The molecule has 4 aliphatic rings. The number of ether oxygens (including phenoxy) is 9. The summed E-state index contributed by atoms with van der Waals surface area (Å²) in [4.78, 5) is 231. The zero-order valence-corrected chi connectivity index (χ0v) is 72.6. The van der Waals surface area contributed by atoms with Gasteiger partial charge in [0, 0.05) is 127 Å². The van der Waals surface area contributed by atoms with Crippen molar-refractivity contribution < 1.29 is 144 Å². The van der Waals surface area contributed by atoms with E-state index in [4.69, 9.17) is 42.6 Å². The monoisotopic (exact) mass is 1760 g/mol. The Bertz CT molecular complexity index is 4020. The van der Waals surface area contributed by atoms with Crippen LogP contribution in [0.15, 0.2) is 60.7 Å². The van der Waals surface area contributed by atoms with Crippen LogP contribution in [0.3, 0.4) is 0 Å². The first-order valence-corrected chi connectivity index (χ1v) is 42.7. The van der Waals surface area contributed by atoms with Crippen LogP contribution in [0.4, 0.5) is 0 Å². The number of amides is 8. The molecule has 0 saturated carbocycles. The van der Waals surface area contributed by atoms with Crippen molar-refractivity contribution in [2.75, 3.05) is 46.5 Å². The number of rotatable bonds is 57. The van der Waals surface area contributed by atoms with E-state index in [-0.39, 0.29) is 108 Å². The molecule has 8 amide bonds. The van der Waals surface area contributed by atoms with Gasteiger partial charge in [0.2, 0.25) is 47.3 Å². The molecule has 21 atom stereocenters. The van der Waals surface area contributed by atoms with Crippen LogP contribution in [0.1, 0.15) is 214 Å². The molecule has 2 aromatic rings. The fourth-order valence-electron chi connectivity index (χ4n) is 14.6. The molecule has 38 nitrogen and oxygen atoms in total. The summed E-state index contributed by atoms with van der Waals surface area (Å²) in [5.74, 6) is -17.7. The van der Waals surface area contributed by atoms with E-state index in [1.807, 2.05) is 50.2 Å². The fraction of sp³-hybridized carbons (Fsp3) is 0.655. The molecule has 11 N–H and O–H groups in total. The zero-order valence-electron chi connectivity index (χ0n) is 72.6. The van der Waals surface area contributed by atoms with Crippen molar-refractivity contribution >= 4 is 106 Å². The molecule has 4 fully saturated rings. The number of hydrogen-bond acceptors (Lipinski definition) is 27. The molecule has 0 aromatic heterocycles. The Morgan fingerprint density at radius 2 is 0.968 bits per heavy atom. The summed E-state index contributed by atoms with van der Waals surface area (Å²) in [5.41, 5.74) is 1.49. The molecular formula is C87H124N8O30. The molecule has 692 valence electrons. The van der Waals surface area contributed by atoms with E-state index in [0.29, 0.717) is 37.7 Å². The normalized spacial score (nSPS) is 23.0. The van der Waals surface area contributed by atoms with Crippen molar-refractivity contribution in [1.29, 1.82) is 0 Å². The molecule has 4 saturated heterocycles. The second-order valence-corrected chi connectivity index (χ2v) is 32.5. The van der Waals surface area contributed by atoms with Gasteiger partial charge in [-0.3, -0.25) is 81.5 Å². The summed E-state index contributed by atoms with van der Waals surface area (Å²) in [7, 11) is 1.37. The minimum atomic E-state index is -1.57. The summed E-state index contributed by atoms with van der Waals surface area (Å²) in [6, 6.07) is 13.5. The Kier molecular flexibility index (Phi) is 43.8. The molecule has 4 heterocycles. The minimum Gasteiger partial charge on any atom is -0.481 e. The molecular weight excluding hydrogens is 1640 g/mol. The van der Waals surface area contributed by atoms with E-state index in [1.165, 1.54) is 55.6 Å². The maximum atomic E-state index is 13.8. The number of carbonyl (C=O) groups is 18. The molecule has 13 unspecified atom stereocenters. The first-order chi connectivity index (χ1) is 59.3. The van der Waals surface area contributed by atoms with Crippen molar-refractivity contribution in [2.24, 2.45) is 29.6 Å². The Hall–Kier alpha value is -10.1. The Morgan fingerprint density at radius 3 is 1.53 bits per heavy atom. The lowest BCUT2D eigenvalue weighted by atomic mass is 9.88. The Balaban J connectivity index is 0.817. The van der Waals surface area contributed by atoms with Crippen LogP contribution in [0.25, 0.3) is 0 Å². The number of benzene rings is 2. The third-order valence-corrected chi connectivity index (χ3v) is 22.3. The fourth-order valence-corrected chi connectivity index (χ4v) is 14.6.